The number of aryl methyl sites for hydroxylation is 1. The largest absolute Gasteiger partial charge is 0.473 e. The van der Waals surface area contributed by atoms with E-state index in [-0.39, 0.29) is 0 Å². The minimum Gasteiger partial charge on any atom is -0.473 e. The lowest BCUT2D eigenvalue weighted by Gasteiger charge is -2.05. The normalized spacial score (nSPS) is 9.67. The van der Waals surface area contributed by atoms with Crippen LogP contribution in [0, 0.1) is 0 Å². The van der Waals surface area contributed by atoms with Crippen molar-refractivity contribution in [3.05, 3.63) is 71.8 Å². The molecule has 0 aliphatic carbocycles. The van der Waals surface area contributed by atoms with Gasteiger partial charge < -0.3 is 15.5 Å². The van der Waals surface area contributed by atoms with Crippen LogP contribution in [-0.4, -0.2) is 35.2 Å². The standard InChI is InChI=1S/C17H21N.C2H2O4/c1-3-8-16(9-4-1)12-7-14-18-15-13-17-10-5-2-6-11-17;3-1(4)2(5)6/h1-6,8-11,18H,7,12-15H2;(H,3,4)(H,5,6). The lowest BCUT2D eigenvalue weighted by molar-refractivity contribution is -0.159. The van der Waals surface area contributed by atoms with Gasteiger partial charge in [0.1, 0.15) is 0 Å². The van der Waals surface area contributed by atoms with Crippen molar-refractivity contribution in [1.29, 1.82) is 0 Å². The highest BCUT2D eigenvalue weighted by Gasteiger charge is 2.04. The summed E-state index contributed by atoms with van der Waals surface area (Å²) in [6.07, 6.45) is 3.49. The van der Waals surface area contributed by atoms with Gasteiger partial charge in [-0.2, -0.15) is 0 Å². The molecule has 0 radical (unpaired) electrons. The zero-order valence-electron chi connectivity index (χ0n) is 13.5. The van der Waals surface area contributed by atoms with Crippen molar-refractivity contribution in [2.75, 3.05) is 13.1 Å². The van der Waals surface area contributed by atoms with E-state index in [9.17, 15) is 0 Å². The van der Waals surface area contributed by atoms with Crippen LogP contribution in [0.3, 0.4) is 0 Å². The van der Waals surface area contributed by atoms with E-state index >= 15 is 0 Å². The van der Waals surface area contributed by atoms with Crippen molar-refractivity contribution in [1.82, 2.24) is 5.32 Å². The minimum absolute atomic E-state index is 1.07. The van der Waals surface area contributed by atoms with Gasteiger partial charge in [0, 0.05) is 0 Å². The smallest absolute Gasteiger partial charge is 0.414 e. The van der Waals surface area contributed by atoms with E-state index in [4.69, 9.17) is 19.8 Å². The Morgan fingerprint density at radius 2 is 1.17 bits per heavy atom. The molecule has 0 heterocycles. The molecule has 0 saturated carbocycles. The van der Waals surface area contributed by atoms with Gasteiger partial charge in [-0.05, 0) is 43.5 Å². The molecular weight excluding hydrogens is 306 g/mol. The Bertz CT molecular complexity index is 544. The van der Waals surface area contributed by atoms with Crippen LogP contribution in [0.15, 0.2) is 60.7 Å². The second-order valence-corrected chi connectivity index (χ2v) is 5.19. The van der Waals surface area contributed by atoms with Crippen LogP contribution in [0.2, 0.25) is 0 Å². The average molecular weight is 329 g/mol. The molecule has 0 aromatic heterocycles. The van der Waals surface area contributed by atoms with Gasteiger partial charge >= 0.3 is 11.9 Å². The summed E-state index contributed by atoms with van der Waals surface area (Å²) < 4.78 is 0. The predicted octanol–water partition coefficient (Wildman–Crippen LogP) is 2.61. The molecule has 0 aliphatic rings. The molecule has 0 unspecified atom stereocenters. The van der Waals surface area contributed by atoms with Gasteiger partial charge in [0.2, 0.25) is 0 Å². The van der Waals surface area contributed by atoms with Gasteiger partial charge in [-0.3, -0.25) is 0 Å². The summed E-state index contributed by atoms with van der Waals surface area (Å²) in [4.78, 5) is 18.2. The average Bonchev–Trinajstić information content (AvgIpc) is 2.60. The molecule has 0 fully saturated rings. The fraction of sp³-hybridized carbons (Fsp3) is 0.263. The Hall–Kier alpha value is -2.66. The monoisotopic (exact) mass is 329 g/mol. The van der Waals surface area contributed by atoms with Crippen molar-refractivity contribution in [3.63, 3.8) is 0 Å². The lowest BCUT2D eigenvalue weighted by atomic mass is 10.1. The zero-order chi connectivity index (χ0) is 17.6. The second kappa shape index (κ2) is 11.8. The first kappa shape index (κ1) is 19.4. The Morgan fingerprint density at radius 1 is 0.708 bits per heavy atom. The van der Waals surface area contributed by atoms with E-state index in [2.05, 4.69) is 66.0 Å². The summed E-state index contributed by atoms with van der Waals surface area (Å²) in [6, 6.07) is 21.3. The highest BCUT2D eigenvalue weighted by atomic mass is 16.4. The molecule has 0 bridgehead atoms. The van der Waals surface area contributed by atoms with Crippen LogP contribution in [0.25, 0.3) is 0 Å². The minimum atomic E-state index is -1.82. The van der Waals surface area contributed by atoms with E-state index in [0.29, 0.717) is 0 Å². The maximum atomic E-state index is 9.10. The maximum Gasteiger partial charge on any atom is 0.414 e. The first-order valence-corrected chi connectivity index (χ1v) is 7.84. The molecule has 3 N–H and O–H groups in total. The fourth-order valence-corrected chi connectivity index (χ4v) is 2.06. The van der Waals surface area contributed by atoms with Crippen molar-refractivity contribution in [2.45, 2.75) is 19.3 Å². The van der Waals surface area contributed by atoms with Gasteiger partial charge in [0.25, 0.3) is 0 Å². The molecule has 0 amide bonds. The fourth-order valence-electron chi connectivity index (χ4n) is 2.06. The van der Waals surface area contributed by atoms with Crippen LogP contribution in [-0.2, 0) is 22.4 Å². The number of aliphatic carboxylic acids is 2. The summed E-state index contributed by atoms with van der Waals surface area (Å²) in [5.41, 5.74) is 2.84. The Kier molecular flexibility index (Phi) is 9.57. The molecule has 5 nitrogen and oxygen atoms in total. The summed E-state index contributed by atoms with van der Waals surface area (Å²) in [5.74, 6) is -3.65. The van der Waals surface area contributed by atoms with Gasteiger partial charge in [-0.25, -0.2) is 9.59 Å². The highest BCUT2D eigenvalue weighted by molar-refractivity contribution is 6.27. The molecule has 24 heavy (non-hydrogen) atoms. The molecule has 0 saturated heterocycles. The number of carbonyl (C=O) groups is 2. The molecule has 0 aliphatic heterocycles. The second-order valence-electron chi connectivity index (χ2n) is 5.19. The van der Waals surface area contributed by atoms with Crippen molar-refractivity contribution in [3.8, 4) is 0 Å². The van der Waals surface area contributed by atoms with Gasteiger partial charge in [-0.1, -0.05) is 60.7 Å². The van der Waals surface area contributed by atoms with Crippen LogP contribution in [0.4, 0.5) is 0 Å². The molecule has 2 rings (SSSR count). The number of rotatable bonds is 7. The quantitative estimate of drug-likeness (QED) is 0.537. The summed E-state index contributed by atoms with van der Waals surface area (Å²) in [5, 5.41) is 18.3. The van der Waals surface area contributed by atoms with Gasteiger partial charge in [0.15, 0.2) is 0 Å². The van der Waals surface area contributed by atoms with Crippen molar-refractivity contribution < 1.29 is 19.8 Å². The van der Waals surface area contributed by atoms with Crippen LogP contribution in [0.5, 0.6) is 0 Å². The number of nitrogens with one attached hydrogen (secondary N) is 1. The lowest BCUT2D eigenvalue weighted by Crippen LogP contribution is -2.18. The van der Waals surface area contributed by atoms with Gasteiger partial charge in [-0.15, -0.1) is 0 Å². The zero-order valence-corrected chi connectivity index (χ0v) is 13.5. The summed E-state index contributed by atoms with van der Waals surface area (Å²) in [6.45, 7) is 2.17. The molecule has 5 heteroatoms. The van der Waals surface area contributed by atoms with Crippen LogP contribution in [0.1, 0.15) is 17.5 Å². The summed E-state index contributed by atoms with van der Waals surface area (Å²) in [7, 11) is 0. The van der Waals surface area contributed by atoms with Gasteiger partial charge in [0.05, 0.1) is 0 Å². The first-order valence-electron chi connectivity index (χ1n) is 7.84. The predicted molar refractivity (Wildman–Crippen MR) is 93.1 cm³/mol. The SMILES string of the molecule is O=C(O)C(=O)O.c1ccc(CCCNCCc2ccccc2)cc1. The van der Waals surface area contributed by atoms with E-state index in [0.717, 1.165) is 19.5 Å². The Labute approximate surface area is 142 Å². The Morgan fingerprint density at radius 3 is 1.62 bits per heavy atom. The maximum absolute atomic E-state index is 9.10. The molecule has 0 spiro atoms. The number of carboxylic acids is 2. The molecular formula is C19H23NO4. The van der Waals surface area contributed by atoms with Crippen molar-refractivity contribution >= 4 is 11.9 Å². The topological polar surface area (TPSA) is 86.6 Å². The molecule has 2 aromatic rings. The third kappa shape index (κ3) is 9.38. The third-order valence-electron chi connectivity index (χ3n) is 3.28. The molecule has 2 aromatic carbocycles. The molecule has 0 atom stereocenters. The van der Waals surface area contributed by atoms with E-state index in [1.165, 1.54) is 24.0 Å². The number of benzene rings is 2. The number of carboxylic acid groups (broad SMARTS) is 2. The highest BCUT2D eigenvalue weighted by Crippen LogP contribution is 2.01. The number of hydrogen-bond acceptors (Lipinski definition) is 3. The van der Waals surface area contributed by atoms with E-state index < -0.39 is 11.9 Å². The third-order valence-corrected chi connectivity index (χ3v) is 3.28. The summed E-state index contributed by atoms with van der Waals surface area (Å²) >= 11 is 0. The first-order chi connectivity index (χ1) is 11.6. The molecule has 128 valence electrons. The van der Waals surface area contributed by atoms with E-state index in [1.807, 2.05) is 0 Å². The Balaban J connectivity index is 0.000000413. The van der Waals surface area contributed by atoms with Crippen LogP contribution >= 0.6 is 0 Å². The number of hydrogen-bond donors (Lipinski definition) is 3. The van der Waals surface area contributed by atoms with E-state index in [1.54, 1.807) is 0 Å². The van der Waals surface area contributed by atoms with Crippen molar-refractivity contribution in [2.24, 2.45) is 0 Å². The van der Waals surface area contributed by atoms with Crippen LogP contribution < -0.4 is 5.32 Å².